The van der Waals surface area contributed by atoms with Gasteiger partial charge in [0.1, 0.15) is 0 Å². The van der Waals surface area contributed by atoms with Crippen molar-refractivity contribution in [1.82, 2.24) is 15.6 Å². The van der Waals surface area contributed by atoms with Crippen LogP contribution in [0.1, 0.15) is 10.7 Å². The number of hydrogen-bond acceptors (Lipinski definition) is 4. The van der Waals surface area contributed by atoms with Crippen molar-refractivity contribution in [2.24, 2.45) is 0 Å². The van der Waals surface area contributed by atoms with Gasteiger partial charge in [0, 0.05) is 31.4 Å². The fraction of sp³-hybridized carbons (Fsp3) is 0.545. The molecule has 1 heterocycles. The van der Waals surface area contributed by atoms with Gasteiger partial charge in [0.25, 0.3) is 0 Å². The van der Waals surface area contributed by atoms with E-state index in [1.54, 1.807) is 11.3 Å². The molecule has 0 amide bonds. The summed E-state index contributed by atoms with van der Waals surface area (Å²) >= 11 is 1.71. The van der Waals surface area contributed by atoms with Crippen molar-refractivity contribution < 1.29 is 0 Å². The second-order valence-electron chi connectivity index (χ2n) is 3.24. The number of nitrogens with one attached hydrogen (secondary N) is 2. The molecule has 15 heavy (non-hydrogen) atoms. The number of thiazole rings is 1. The Balaban J connectivity index is 1.96. The molecule has 4 heteroatoms. The molecule has 0 unspecified atom stereocenters. The molecule has 0 bridgehead atoms. The lowest BCUT2D eigenvalue weighted by Crippen LogP contribution is -2.28. The molecule has 0 aliphatic rings. The van der Waals surface area contributed by atoms with Crippen LogP contribution in [0.5, 0.6) is 0 Å². The number of aromatic nitrogens is 1. The first kappa shape index (κ1) is 12.2. The summed E-state index contributed by atoms with van der Waals surface area (Å²) < 4.78 is 0. The van der Waals surface area contributed by atoms with E-state index in [0.29, 0.717) is 6.54 Å². The molecule has 0 radical (unpaired) electrons. The second-order valence-corrected chi connectivity index (χ2v) is 4.30. The molecule has 0 atom stereocenters. The molecule has 1 aromatic heterocycles. The zero-order chi connectivity index (χ0) is 10.9. The molecule has 3 nitrogen and oxygen atoms in total. The quantitative estimate of drug-likeness (QED) is 0.530. The molecule has 0 saturated carbocycles. The lowest BCUT2D eigenvalue weighted by atomic mass is 10.3. The fourth-order valence-electron chi connectivity index (χ4n) is 1.20. The predicted octanol–water partition coefficient (Wildman–Crippen LogP) is 0.806. The number of hydrogen-bond donors (Lipinski definition) is 2. The van der Waals surface area contributed by atoms with Gasteiger partial charge in [-0.3, -0.25) is 0 Å². The first-order valence-electron chi connectivity index (χ1n) is 5.09. The van der Waals surface area contributed by atoms with Crippen LogP contribution in [0.3, 0.4) is 0 Å². The van der Waals surface area contributed by atoms with E-state index in [4.69, 9.17) is 6.42 Å². The minimum Gasteiger partial charge on any atom is -0.315 e. The molecule has 0 saturated heterocycles. The van der Waals surface area contributed by atoms with Gasteiger partial charge in [-0.2, -0.15) is 0 Å². The Morgan fingerprint density at radius 3 is 2.87 bits per heavy atom. The average Bonchev–Trinajstić information content (AvgIpc) is 2.63. The molecule has 0 spiro atoms. The van der Waals surface area contributed by atoms with Crippen molar-refractivity contribution in [2.45, 2.75) is 13.3 Å². The summed E-state index contributed by atoms with van der Waals surface area (Å²) in [5, 5.41) is 9.72. The van der Waals surface area contributed by atoms with Crippen LogP contribution >= 0.6 is 11.3 Å². The lowest BCUT2D eigenvalue weighted by molar-refractivity contribution is 0.634. The average molecular weight is 223 g/mol. The molecule has 0 aromatic carbocycles. The van der Waals surface area contributed by atoms with E-state index in [2.05, 4.69) is 26.9 Å². The molecular weight excluding hydrogens is 206 g/mol. The highest BCUT2D eigenvalue weighted by atomic mass is 32.1. The SMILES string of the molecule is C#CCNCCNCCc1csc(C)n1. The Morgan fingerprint density at radius 2 is 2.20 bits per heavy atom. The number of nitrogens with zero attached hydrogens (tertiary/aromatic N) is 1. The minimum absolute atomic E-state index is 0.646. The predicted molar refractivity (Wildman–Crippen MR) is 65.1 cm³/mol. The molecule has 2 N–H and O–H groups in total. The first-order chi connectivity index (χ1) is 7.33. The highest BCUT2D eigenvalue weighted by molar-refractivity contribution is 7.09. The van der Waals surface area contributed by atoms with Crippen LogP contribution in [0.2, 0.25) is 0 Å². The summed E-state index contributed by atoms with van der Waals surface area (Å²) in [5.41, 5.74) is 1.18. The van der Waals surface area contributed by atoms with E-state index in [1.165, 1.54) is 5.69 Å². The van der Waals surface area contributed by atoms with Crippen LogP contribution in [0.4, 0.5) is 0 Å². The summed E-state index contributed by atoms with van der Waals surface area (Å²) in [6.45, 7) is 5.52. The van der Waals surface area contributed by atoms with Gasteiger partial charge in [-0.25, -0.2) is 4.98 Å². The molecule has 0 aliphatic heterocycles. The zero-order valence-corrected chi connectivity index (χ0v) is 9.86. The van der Waals surface area contributed by atoms with Gasteiger partial charge in [0.2, 0.25) is 0 Å². The van der Waals surface area contributed by atoms with Crippen LogP contribution in [0, 0.1) is 19.3 Å². The van der Waals surface area contributed by atoms with E-state index in [1.807, 2.05) is 6.92 Å². The monoisotopic (exact) mass is 223 g/mol. The smallest absolute Gasteiger partial charge is 0.0897 e. The topological polar surface area (TPSA) is 37.0 Å². The first-order valence-corrected chi connectivity index (χ1v) is 5.97. The van der Waals surface area contributed by atoms with E-state index in [-0.39, 0.29) is 0 Å². The summed E-state index contributed by atoms with van der Waals surface area (Å²) in [6, 6.07) is 0. The standard InChI is InChI=1S/C11H17N3S/c1-3-5-12-7-8-13-6-4-11-9-15-10(2)14-11/h1,9,12-13H,4-8H2,2H3. The third-order valence-corrected chi connectivity index (χ3v) is 2.75. The Morgan fingerprint density at radius 1 is 1.40 bits per heavy atom. The lowest BCUT2D eigenvalue weighted by Gasteiger charge is -2.03. The van der Waals surface area contributed by atoms with Crippen molar-refractivity contribution in [3.05, 3.63) is 16.1 Å². The van der Waals surface area contributed by atoms with E-state index in [9.17, 15) is 0 Å². The molecule has 82 valence electrons. The van der Waals surface area contributed by atoms with E-state index < -0.39 is 0 Å². The van der Waals surface area contributed by atoms with Crippen molar-refractivity contribution >= 4 is 11.3 Å². The van der Waals surface area contributed by atoms with Crippen LogP contribution in [-0.2, 0) is 6.42 Å². The zero-order valence-electron chi connectivity index (χ0n) is 9.05. The minimum atomic E-state index is 0.646. The summed E-state index contributed by atoms with van der Waals surface area (Å²) in [4.78, 5) is 4.39. The van der Waals surface area contributed by atoms with Gasteiger partial charge < -0.3 is 10.6 Å². The highest BCUT2D eigenvalue weighted by Crippen LogP contribution is 2.07. The normalized spacial score (nSPS) is 10.1. The van der Waals surface area contributed by atoms with Crippen molar-refractivity contribution in [2.75, 3.05) is 26.2 Å². The molecular formula is C11H17N3S. The van der Waals surface area contributed by atoms with Gasteiger partial charge in [-0.05, 0) is 6.92 Å². The highest BCUT2D eigenvalue weighted by Gasteiger charge is 1.96. The van der Waals surface area contributed by atoms with Crippen molar-refractivity contribution in [3.8, 4) is 12.3 Å². The molecule has 1 rings (SSSR count). The second kappa shape index (κ2) is 7.41. The summed E-state index contributed by atoms with van der Waals surface area (Å²) in [5.74, 6) is 2.54. The number of terminal acetylenes is 1. The Bertz CT molecular complexity index is 314. The van der Waals surface area contributed by atoms with Crippen LogP contribution in [-0.4, -0.2) is 31.2 Å². The van der Waals surface area contributed by atoms with E-state index >= 15 is 0 Å². The maximum atomic E-state index is 5.11. The number of rotatable bonds is 7. The van der Waals surface area contributed by atoms with Gasteiger partial charge in [-0.15, -0.1) is 17.8 Å². The van der Waals surface area contributed by atoms with Gasteiger partial charge in [-0.1, -0.05) is 5.92 Å². The Kier molecular flexibility index (Phi) is 6.02. The summed E-state index contributed by atoms with van der Waals surface area (Å²) in [6.07, 6.45) is 6.11. The van der Waals surface area contributed by atoms with Gasteiger partial charge in [0.05, 0.1) is 17.2 Å². The molecule has 1 aromatic rings. The fourth-order valence-corrected chi connectivity index (χ4v) is 1.85. The number of aryl methyl sites for hydroxylation is 1. The maximum absolute atomic E-state index is 5.11. The van der Waals surface area contributed by atoms with Crippen LogP contribution in [0.25, 0.3) is 0 Å². The molecule has 0 fully saturated rings. The van der Waals surface area contributed by atoms with Crippen molar-refractivity contribution in [1.29, 1.82) is 0 Å². The van der Waals surface area contributed by atoms with Crippen LogP contribution < -0.4 is 10.6 Å². The third-order valence-electron chi connectivity index (χ3n) is 1.93. The third kappa shape index (κ3) is 5.53. The van der Waals surface area contributed by atoms with Gasteiger partial charge in [0.15, 0.2) is 0 Å². The Hall–Kier alpha value is -0.890. The van der Waals surface area contributed by atoms with Crippen LogP contribution in [0.15, 0.2) is 5.38 Å². The largest absolute Gasteiger partial charge is 0.315 e. The van der Waals surface area contributed by atoms with Crippen molar-refractivity contribution in [3.63, 3.8) is 0 Å². The maximum Gasteiger partial charge on any atom is 0.0897 e. The van der Waals surface area contributed by atoms with Gasteiger partial charge >= 0.3 is 0 Å². The van der Waals surface area contributed by atoms with E-state index in [0.717, 1.165) is 31.1 Å². The molecule has 0 aliphatic carbocycles. The summed E-state index contributed by atoms with van der Waals surface area (Å²) in [7, 11) is 0. The Labute approximate surface area is 95.3 Å².